The lowest BCUT2D eigenvalue weighted by Crippen LogP contribution is -2.09. The average molecular weight is 243 g/mol. The predicted octanol–water partition coefficient (Wildman–Crippen LogP) is 1.96. The molecule has 4 heteroatoms. The number of allylic oxidation sites excluding steroid dienone is 4. The van der Waals surface area contributed by atoms with Crippen LogP contribution in [0.3, 0.4) is 0 Å². The fraction of sp³-hybridized carbons (Fsp3) is 0.357. The number of aliphatic imine (C=N–C) groups is 1. The van der Waals surface area contributed by atoms with Crippen molar-refractivity contribution in [1.29, 1.82) is 5.26 Å². The third-order valence-electron chi connectivity index (χ3n) is 2.19. The summed E-state index contributed by atoms with van der Waals surface area (Å²) in [6, 6.07) is 2.06. The monoisotopic (exact) mass is 243 g/mol. The molecule has 0 saturated heterocycles. The topological polar surface area (TPSA) is 65.2 Å². The van der Waals surface area contributed by atoms with Crippen molar-refractivity contribution in [2.24, 2.45) is 4.99 Å². The van der Waals surface area contributed by atoms with Gasteiger partial charge in [-0.2, -0.15) is 5.26 Å². The molecule has 0 aliphatic heterocycles. The largest absolute Gasteiger partial charge is 0.348 e. The first-order valence-electron chi connectivity index (χ1n) is 5.65. The van der Waals surface area contributed by atoms with Crippen LogP contribution in [-0.4, -0.2) is 19.2 Å². The van der Waals surface area contributed by atoms with E-state index in [1.54, 1.807) is 12.3 Å². The van der Waals surface area contributed by atoms with Crippen molar-refractivity contribution >= 4 is 12.6 Å². The number of carbonyl (C=O) groups is 1. The maximum absolute atomic E-state index is 10.0. The van der Waals surface area contributed by atoms with Crippen LogP contribution in [0, 0.1) is 23.2 Å². The van der Waals surface area contributed by atoms with Crippen LogP contribution in [0.15, 0.2) is 27.9 Å². The van der Waals surface area contributed by atoms with Crippen molar-refractivity contribution < 1.29 is 4.79 Å². The highest BCUT2D eigenvalue weighted by molar-refractivity contribution is 5.85. The lowest BCUT2D eigenvalue weighted by molar-refractivity contribution is -0.109. The third kappa shape index (κ3) is 6.30. The van der Waals surface area contributed by atoms with E-state index in [0.717, 1.165) is 12.0 Å². The van der Waals surface area contributed by atoms with E-state index < -0.39 is 0 Å². The van der Waals surface area contributed by atoms with Gasteiger partial charge in [0.15, 0.2) is 0 Å². The number of nitrogens with zero attached hydrogens (tertiary/aromatic N) is 2. The van der Waals surface area contributed by atoms with Crippen molar-refractivity contribution in [3.05, 3.63) is 22.9 Å². The molecule has 0 atom stereocenters. The van der Waals surface area contributed by atoms with Crippen LogP contribution in [0.2, 0.25) is 0 Å². The standard InChI is InChI=1S/C14H17N3O/c1-4-12(3)14(9-15)17-10-13(5-2)7-6-8-16-11-18/h5,10-11H,4,8H2,1-3H3,(H,16,18)/b13-5-,14-12+,17-10+. The van der Waals surface area contributed by atoms with Crippen molar-refractivity contribution in [3.63, 3.8) is 0 Å². The molecular formula is C14H17N3O. The normalized spacial score (nSPS) is 12.2. The van der Waals surface area contributed by atoms with Crippen LogP contribution in [-0.2, 0) is 4.79 Å². The summed E-state index contributed by atoms with van der Waals surface area (Å²) < 4.78 is 0. The Labute approximate surface area is 108 Å². The average Bonchev–Trinajstić information content (AvgIpc) is 2.41. The number of rotatable bonds is 5. The summed E-state index contributed by atoms with van der Waals surface area (Å²) >= 11 is 0. The molecular weight excluding hydrogens is 226 g/mol. The van der Waals surface area contributed by atoms with Crippen molar-refractivity contribution in [3.8, 4) is 17.9 Å². The third-order valence-corrected chi connectivity index (χ3v) is 2.19. The van der Waals surface area contributed by atoms with Gasteiger partial charge >= 0.3 is 0 Å². The van der Waals surface area contributed by atoms with Crippen LogP contribution in [0.25, 0.3) is 0 Å². The summed E-state index contributed by atoms with van der Waals surface area (Å²) in [6.45, 7) is 5.99. The van der Waals surface area contributed by atoms with Crippen LogP contribution in [0.4, 0.5) is 0 Å². The molecule has 1 amide bonds. The number of carbonyl (C=O) groups excluding carboxylic acids is 1. The lowest BCUT2D eigenvalue weighted by Gasteiger charge is -1.96. The second-order valence-electron chi connectivity index (χ2n) is 3.40. The molecule has 0 heterocycles. The summed E-state index contributed by atoms with van der Waals surface area (Å²) in [7, 11) is 0. The molecule has 94 valence electrons. The van der Waals surface area contributed by atoms with E-state index >= 15 is 0 Å². The summed E-state index contributed by atoms with van der Waals surface area (Å²) in [5.74, 6) is 5.62. The highest BCUT2D eigenvalue weighted by Crippen LogP contribution is 2.08. The highest BCUT2D eigenvalue weighted by atomic mass is 16.1. The Morgan fingerprint density at radius 3 is 2.72 bits per heavy atom. The Morgan fingerprint density at radius 1 is 1.50 bits per heavy atom. The first-order chi connectivity index (χ1) is 8.69. The Balaban J connectivity index is 4.78. The van der Waals surface area contributed by atoms with Gasteiger partial charge in [-0.1, -0.05) is 24.8 Å². The molecule has 0 aromatic rings. The minimum atomic E-state index is 0.295. The first-order valence-corrected chi connectivity index (χ1v) is 5.65. The van der Waals surface area contributed by atoms with Crippen molar-refractivity contribution in [2.45, 2.75) is 27.2 Å². The SMILES string of the molecule is C\C=C(C#CCNC=O)/C=N/C(C#N)=C(\C)CC. The van der Waals surface area contributed by atoms with Crippen LogP contribution in [0.5, 0.6) is 0 Å². The molecule has 0 aromatic heterocycles. The fourth-order valence-electron chi connectivity index (χ4n) is 0.954. The van der Waals surface area contributed by atoms with Gasteiger partial charge in [0, 0.05) is 11.8 Å². The minimum absolute atomic E-state index is 0.295. The number of nitriles is 1. The Morgan fingerprint density at radius 2 is 2.22 bits per heavy atom. The summed E-state index contributed by atoms with van der Waals surface area (Å²) in [6.07, 6.45) is 4.75. The number of hydrogen-bond donors (Lipinski definition) is 1. The molecule has 0 bridgehead atoms. The molecule has 0 aliphatic carbocycles. The van der Waals surface area contributed by atoms with Gasteiger partial charge in [-0.3, -0.25) is 4.79 Å². The molecule has 0 aromatic carbocycles. The second kappa shape index (κ2) is 9.86. The maximum Gasteiger partial charge on any atom is 0.207 e. The number of amides is 1. The summed E-state index contributed by atoms with van der Waals surface area (Å²) in [5, 5.41) is 11.4. The molecule has 0 saturated carbocycles. The smallest absolute Gasteiger partial charge is 0.207 e. The van der Waals surface area contributed by atoms with Gasteiger partial charge in [0.05, 0.1) is 6.54 Å². The Hall–Kier alpha value is -2.33. The number of hydrogen-bond acceptors (Lipinski definition) is 3. The second-order valence-corrected chi connectivity index (χ2v) is 3.40. The molecule has 1 N–H and O–H groups in total. The van der Waals surface area contributed by atoms with E-state index in [1.165, 1.54) is 0 Å². The zero-order valence-corrected chi connectivity index (χ0v) is 10.9. The van der Waals surface area contributed by atoms with Crippen LogP contribution >= 0.6 is 0 Å². The summed E-state index contributed by atoms with van der Waals surface area (Å²) in [4.78, 5) is 14.1. The molecule has 4 nitrogen and oxygen atoms in total. The highest BCUT2D eigenvalue weighted by Gasteiger charge is 1.96. The zero-order valence-electron chi connectivity index (χ0n) is 10.9. The van der Waals surface area contributed by atoms with Crippen LogP contribution in [0.1, 0.15) is 27.2 Å². The van der Waals surface area contributed by atoms with Crippen molar-refractivity contribution in [1.82, 2.24) is 5.32 Å². The fourth-order valence-corrected chi connectivity index (χ4v) is 0.954. The van der Waals surface area contributed by atoms with Crippen LogP contribution < -0.4 is 5.32 Å². The Kier molecular flexibility index (Phi) is 8.59. The van der Waals surface area contributed by atoms with Gasteiger partial charge in [-0.25, -0.2) is 4.99 Å². The molecule has 0 unspecified atom stereocenters. The van der Waals surface area contributed by atoms with E-state index in [2.05, 4.69) is 28.2 Å². The van der Waals surface area contributed by atoms with E-state index in [9.17, 15) is 4.79 Å². The quantitative estimate of drug-likeness (QED) is 0.264. The maximum atomic E-state index is 10.0. The minimum Gasteiger partial charge on any atom is -0.348 e. The molecule has 0 rings (SSSR count). The van der Waals surface area contributed by atoms with E-state index in [0.29, 0.717) is 24.2 Å². The number of nitrogens with one attached hydrogen (secondary N) is 1. The lowest BCUT2D eigenvalue weighted by atomic mass is 10.2. The van der Waals surface area contributed by atoms with E-state index in [-0.39, 0.29) is 0 Å². The molecule has 0 radical (unpaired) electrons. The molecule has 0 aliphatic rings. The van der Waals surface area contributed by atoms with E-state index in [1.807, 2.05) is 20.8 Å². The van der Waals surface area contributed by atoms with Gasteiger partial charge in [-0.15, -0.1) is 0 Å². The van der Waals surface area contributed by atoms with Gasteiger partial charge in [-0.05, 0) is 25.8 Å². The molecule has 0 spiro atoms. The van der Waals surface area contributed by atoms with Gasteiger partial charge < -0.3 is 5.32 Å². The molecule has 18 heavy (non-hydrogen) atoms. The van der Waals surface area contributed by atoms with Gasteiger partial charge in [0.25, 0.3) is 0 Å². The van der Waals surface area contributed by atoms with Gasteiger partial charge in [0.1, 0.15) is 11.8 Å². The Bertz CT molecular complexity index is 467. The van der Waals surface area contributed by atoms with Crippen molar-refractivity contribution in [2.75, 3.05) is 6.54 Å². The van der Waals surface area contributed by atoms with Gasteiger partial charge in [0.2, 0.25) is 6.41 Å². The zero-order chi connectivity index (χ0) is 13.8. The predicted molar refractivity (Wildman–Crippen MR) is 72.7 cm³/mol. The molecule has 0 fully saturated rings. The first kappa shape index (κ1) is 15.7. The summed E-state index contributed by atoms with van der Waals surface area (Å²) in [5.41, 5.74) is 2.07. The van der Waals surface area contributed by atoms with E-state index in [4.69, 9.17) is 5.26 Å².